The van der Waals surface area contributed by atoms with Crippen LogP contribution in [0.25, 0.3) is 0 Å². The molecule has 0 spiro atoms. The zero-order valence-corrected chi connectivity index (χ0v) is 7.34. The van der Waals surface area contributed by atoms with Crippen molar-refractivity contribution in [2.24, 2.45) is 0 Å². The van der Waals surface area contributed by atoms with Gasteiger partial charge in [-0.05, 0) is 13.0 Å². The molecule has 3 nitrogen and oxygen atoms in total. The molecule has 0 aliphatic carbocycles. The highest BCUT2D eigenvalue weighted by molar-refractivity contribution is 4.67. The lowest BCUT2D eigenvalue weighted by Crippen LogP contribution is -2.44. The molecule has 0 aromatic carbocycles. The Bertz CT molecular complexity index is 89.3. The summed E-state index contributed by atoms with van der Waals surface area (Å²) in [4.78, 5) is 2.50. The second kappa shape index (κ2) is 5.52. The standard InChI is InChI=1S/C8H18N3/c1-9-3-2-6-11-7-4-10-5-8-11/h10H,2-8H2,1H3. The minimum Gasteiger partial charge on any atom is -0.314 e. The Morgan fingerprint density at radius 1 is 1.36 bits per heavy atom. The molecular weight excluding hydrogens is 138 g/mol. The zero-order valence-electron chi connectivity index (χ0n) is 7.34. The maximum atomic E-state index is 4.08. The van der Waals surface area contributed by atoms with Gasteiger partial charge in [0.05, 0.1) is 0 Å². The fourth-order valence-corrected chi connectivity index (χ4v) is 1.39. The molecule has 11 heavy (non-hydrogen) atoms. The lowest BCUT2D eigenvalue weighted by atomic mass is 10.3. The molecule has 1 fully saturated rings. The quantitative estimate of drug-likeness (QED) is 0.557. The normalized spacial score (nSPS) is 20.5. The first kappa shape index (κ1) is 8.97. The van der Waals surface area contributed by atoms with Crippen LogP contribution in [0.15, 0.2) is 0 Å². The maximum absolute atomic E-state index is 4.08. The van der Waals surface area contributed by atoms with Crippen molar-refractivity contribution in [1.29, 1.82) is 0 Å². The van der Waals surface area contributed by atoms with Gasteiger partial charge in [0.15, 0.2) is 0 Å². The summed E-state index contributed by atoms with van der Waals surface area (Å²) in [5, 5.41) is 7.42. The molecule has 0 saturated carbocycles. The zero-order chi connectivity index (χ0) is 7.94. The average molecular weight is 156 g/mol. The van der Waals surface area contributed by atoms with Crippen LogP contribution in [-0.4, -0.2) is 51.2 Å². The van der Waals surface area contributed by atoms with Gasteiger partial charge in [0.25, 0.3) is 0 Å². The van der Waals surface area contributed by atoms with E-state index in [9.17, 15) is 0 Å². The van der Waals surface area contributed by atoms with Crippen LogP contribution in [0.2, 0.25) is 0 Å². The fraction of sp³-hybridized carbons (Fsp3) is 1.00. The molecule has 0 bridgehead atoms. The largest absolute Gasteiger partial charge is 0.314 e. The maximum Gasteiger partial charge on any atom is 0.0142 e. The van der Waals surface area contributed by atoms with Crippen molar-refractivity contribution in [2.45, 2.75) is 6.42 Å². The third-order valence-corrected chi connectivity index (χ3v) is 2.07. The Morgan fingerprint density at radius 2 is 2.09 bits per heavy atom. The van der Waals surface area contributed by atoms with Crippen molar-refractivity contribution in [3.63, 3.8) is 0 Å². The van der Waals surface area contributed by atoms with Gasteiger partial charge in [-0.25, -0.2) is 5.32 Å². The van der Waals surface area contributed by atoms with Gasteiger partial charge >= 0.3 is 0 Å². The summed E-state index contributed by atoms with van der Waals surface area (Å²) >= 11 is 0. The summed E-state index contributed by atoms with van der Waals surface area (Å²) in [6, 6.07) is 0. The molecule has 0 aromatic rings. The van der Waals surface area contributed by atoms with Crippen LogP contribution in [0.1, 0.15) is 6.42 Å². The highest BCUT2D eigenvalue weighted by Crippen LogP contribution is 1.93. The molecule has 0 aromatic heterocycles. The lowest BCUT2D eigenvalue weighted by Gasteiger charge is -2.26. The molecule has 0 atom stereocenters. The van der Waals surface area contributed by atoms with Crippen LogP contribution in [0, 0.1) is 0 Å². The van der Waals surface area contributed by atoms with E-state index in [0.29, 0.717) is 0 Å². The number of piperazine rings is 1. The smallest absolute Gasteiger partial charge is 0.0142 e. The van der Waals surface area contributed by atoms with Gasteiger partial charge in [0.2, 0.25) is 0 Å². The molecule has 1 heterocycles. The van der Waals surface area contributed by atoms with Gasteiger partial charge in [0, 0.05) is 39.8 Å². The number of hydrogen-bond acceptors (Lipinski definition) is 2. The van der Waals surface area contributed by atoms with E-state index in [1.54, 1.807) is 0 Å². The van der Waals surface area contributed by atoms with Crippen LogP contribution in [0.4, 0.5) is 0 Å². The third-order valence-electron chi connectivity index (χ3n) is 2.07. The van der Waals surface area contributed by atoms with Gasteiger partial charge in [-0.1, -0.05) is 0 Å². The molecule has 0 amide bonds. The SMILES string of the molecule is C[N]CCCN1CCNCC1. The molecule has 1 radical (unpaired) electrons. The second-order valence-corrected chi connectivity index (χ2v) is 2.99. The highest BCUT2D eigenvalue weighted by atomic mass is 15.2. The lowest BCUT2D eigenvalue weighted by molar-refractivity contribution is 0.238. The highest BCUT2D eigenvalue weighted by Gasteiger charge is 2.07. The van der Waals surface area contributed by atoms with E-state index in [1.807, 2.05) is 7.05 Å². The second-order valence-electron chi connectivity index (χ2n) is 2.99. The van der Waals surface area contributed by atoms with Crippen LogP contribution >= 0.6 is 0 Å². The number of nitrogens with zero attached hydrogens (tertiary/aromatic N) is 2. The Balaban J connectivity index is 1.96. The fourth-order valence-electron chi connectivity index (χ4n) is 1.39. The minimum atomic E-state index is 1.02. The van der Waals surface area contributed by atoms with Crippen molar-refractivity contribution in [2.75, 3.05) is 46.3 Å². The predicted octanol–water partition coefficient (Wildman–Crippen LogP) is -0.484. The summed E-state index contributed by atoms with van der Waals surface area (Å²) in [5.74, 6) is 0. The van der Waals surface area contributed by atoms with Gasteiger partial charge in [-0.15, -0.1) is 0 Å². The molecule has 1 saturated heterocycles. The van der Waals surface area contributed by atoms with Gasteiger partial charge in [0.1, 0.15) is 0 Å². The van der Waals surface area contributed by atoms with Gasteiger partial charge in [-0.3, -0.25) is 0 Å². The average Bonchev–Trinajstić information content (AvgIpc) is 2.07. The van der Waals surface area contributed by atoms with E-state index in [1.165, 1.54) is 26.1 Å². The molecule has 65 valence electrons. The Hall–Kier alpha value is -0.120. The first-order valence-corrected chi connectivity index (χ1v) is 4.42. The summed E-state index contributed by atoms with van der Waals surface area (Å²) in [6.07, 6.45) is 1.22. The van der Waals surface area contributed by atoms with Crippen molar-refractivity contribution >= 4 is 0 Å². The van der Waals surface area contributed by atoms with Gasteiger partial charge < -0.3 is 10.2 Å². The molecule has 1 aliphatic heterocycles. The van der Waals surface area contributed by atoms with E-state index in [2.05, 4.69) is 15.5 Å². The summed E-state index contributed by atoms with van der Waals surface area (Å²) in [7, 11) is 1.89. The van der Waals surface area contributed by atoms with Crippen molar-refractivity contribution < 1.29 is 0 Å². The van der Waals surface area contributed by atoms with Crippen LogP contribution in [0.5, 0.6) is 0 Å². The predicted molar refractivity (Wildman–Crippen MR) is 46.9 cm³/mol. The van der Waals surface area contributed by atoms with E-state index < -0.39 is 0 Å². The van der Waals surface area contributed by atoms with E-state index in [-0.39, 0.29) is 0 Å². The van der Waals surface area contributed by atoms with Crippen LogP contribution < -0.4 is 10.6 Å². The monoisotopic (exact) mass is 156 g/mol. The number of rotatable bonds is 4. The summed E-state index contributed by atoms with van der Waals surface area (Å²) in [5.41, 5.74) is 0. The first-order chi connectivity index (χ1) is 5.43. The van der Waals surface area contributed by atoms with Crippen LogP contribution in [0.3, 0.4) is 0 Å². The molecule has 0 unspecified atom stereocenters. The minimum absolute atomic E-state index is 1.02. The van der Waals surface area contributed by atoms with Crippen molar-refractivity contribution in [3.8, 4) is 0 Å². The van der Waals surface area contributed by atoms with Crippen molar-refractivity contribution in [3.05, 3.63) is 0 Å². The number of hydrogen-bond donors (Lipinski definition) is 1. The third kappa shape index (κ3) is 3.70. The molecule has 1 aliphatic rings. The van der Waals surface area contributed by atoms with E-state index >= 15 is 0 Å². The summed E-state index contributed by atoms with van der Waals surface area (Å²) in [6.45, 7) is 6.98. The molecule has 1 rings (SSSR count). The Morgan fingerprint density at radius 3 is 2.73 bits per heavy atom. The number of nitrogens with one attached hydrogen (secondary N) is 1. The summed E-state index contributed by atoms with van der Waals surface area (Å²) < 4.78 is 0. The Kier molecular flexibility index (Phi) is 4.50. The molecule has 3 heteroatoms. The topological polar surface area (TPSA) is 29.4 Å². The van der Waals surface area contributed by atoms with Crippen LogP contribution in [-0.2, 0) is 0 Å². The molecular formula is C8H18N3. The first-order valence-electron chi connectivity index (χ1n) is 4.42. The molecule has 1 N–H and O–H groups in total. The van der Waals surface area contributed by atoms with Gasteiger partial charge in [-0.2, -0.15) is 0 Å². The van der Waals surface area contributed by atoms with Crippen molar-refractivity contribution in [1.82, 2.24) is 15.5 Å². The van der Waals surface area contributed by atoms with E-state index in [0.717, 1.165) is 19.6 Å². The Labute approximate surface area is 69.1 Å². The van der Waals surface area contributed by atoms with E-state index in [4.69, 9.17) is 0 Å².